The molecule has 4 heteroatoms. The van der Waals surface area contributed by atoms with E-state index < -0.39 is 0 Å². The van der Waals surface area contributed by atoms with Crippen molar-refractivity contribution in [2.45, 2.75) is 46.3 Å². The third-order valence-electron chi connectivity index (χ3n) is 3.17. The Morgan fingerprint density at radius 3 is 2.85 bits per heavy atom. The molecule has 2 aromatic rings. The predicted octanol–water partition coefficient (Wildman–Crippen LogP) is 3.60. The molecule has 0 aliphatic carbocycles. The van der Waals surface area contributed by atoms with E-state index in [9.17, 15) is 4.39 Å². The molecule has 1 heterocycles. The molecule has 0 aliphatic heterocycles. The van der Waals surface area contributed by atoms with Crippen LogP contribution in [0.2, 0.25) is 0 Å². The van der Waals surface area contributed by atoms with Gasteiger partial charge >= 0.3 is 0 Å². The molecule has 0 bridgehead atoms. The summed E-state index contributed by atoms with van der Waals surface area (Å²) in [5.74, 6) is -0.212. The summed E-state index contributed by atoms with van der Waals surface area (Å²) in [5.41, 5.74) is 2.98. The largest absolute Gasteiger partial charge is 0.310 e. The van der Waals surface area contributed by atoms with Gasteiger partial charge in [-0.15, -0.1) is 0 Å². The Kier molecular flexibility index (Phi) is 4.90. The van der Waals surface area contributed by atoms with Gasteiger partial charge in [0.05, 0.1) is 6.20 Å². The first kappa shape index (κ1) is 14.7. The fraction of sp³-hybridized carbons (Fsp3) is 0.438. The minimum absolute atomic E-state index is 0.212. The highest BCUT2D eigenvalue weighted by Crippen LogP contribution is 2.24. The second-order valence-electron chi connectivity index (χ2n) is 5.33. The van der Waals surface area contributed by atoms with Crippen LogP contribution in [-0.2, 0) is 13.1 Å². The lowest BCUT2D eigenvalue weighted by Gasteiger charge is -2.12. The molecule has 0 radical (unpaired) electrons. The molecule has 2 rings (SSSR count). The molecular formula is C16H22FN3. The minimum atomic E-state index is -0.212. The van der Waals surface area contributed by atoms with Crippen molar-refractivity contribution in [1.29, 1.82) is 0 Å². The quantitative estimate of drug-likeness (QED) is 0.873. The molecular weight excluding hydrogens is 253 g/mol. The van der Waals surface area contributed by atoms with E-state index in [4.69, 9.17) is 0 Å². The molecule has 1 aromatic heterocycles. The summed E-state index contributed by atoms with van der Waals surface area (Å²) in [6, 6.07) is 5.34. The summed E-state index contributed by atoms with van der Waals surface area (Å²) in [6.45, 7) is 7.92. The molecule has 20 heavy (non-hydrogen) atoms. The Morgan fingerprint density at radius 1 is 1.35 bits per heavy atom. The number of benzene rings is 1. The van der Waals surface area contributed by atoms with Crippen molar-refractivity contribution in [3.8, 4) is 11.1 Å². The highest BCUT2D eigenvalue weighted by molar-refractivity contribution is 5.66. The smallest absolute Gasteiger partial charge is 0.123 e. The Balaban J connectivity index is 2.29. The second-order valence-corrected chi connectivity index (χ2v) is 5.33. The van der Waals surface area contributed by atoms with Crippen molar-refractivity contribution in [1.82, 2.24) is 15.1 Å². The van der Waals surface area contributed by atoms with Gasteiger partial charge in [0.25, 0.3) is 0 Å². The molecule has 1 aromatic carbocycles. The van der Waals surface area contributed by atoms with Crippen molar-refractivity contribution < 1.29 is 4.39 Å². The van der Waals surface area contributed by atoms with E-state index in [1.165, 1.54) is 6.07 Å². The van der Waals surface area contributed by atoms with Crippen LogP contribution in [0.5, 0.6) is 0 Å². The zero-order valence-corrected chi connectivity index (χ0v) is 12.4. The molecule has 0 unspecified atom stereocenters. The first-order valence-corrected chi connectivity index (χ1v) is 7.14. The van der Waals surface area contributed by atoms with Gasteiger partial charge in [0, 0.05) is 30.9 Å². The number of nitrogens with one attached hydrogen (secondary N) is 1. The van der Waals surface area contributed by atoms with E-state index in [0.717, 1.165) is 36.2 Å². The van der Waals surface area contributed by atoms with E-state index in [-0.39, 0.29) is 5.82 Å². The van der Waals surface area contributed by atoms with E-state index >= 15 is 0 Å². The second kappa shape index (κ2) is 6.66. The van der Waals surface area contributed by atoms with Crippen LogP contribution in [-0.4, -0.2) is 15.8 Å². The highest BCUT2D eigenvalue weighted by Gasteiger charge is 2.09. The molecule has 0 fully saturated rings. The highest BCUT2D eigenvalue weighted by atomic mass is 19.1. The van der Waals surface area contributed by atoms with E-state index in [2.05, 4.69) is 31.2 Å². The van der Waals surface area contributed by atoms with Gasteiger partial charge in [-0.25, -0.2) is 4.39 Å². The molecule has 0 saturated heterocycles. The van der Waals surface area contributed by atoms with Gasteiger partial charge < -0.3 is 5.32 Å². The van der Waals surface area contributed by atoms with E-state index in [0.29, 0.717) is 6.04 Å². The fourth-order valence-corrected chi connectivity index (χ4v) is 2.14. The maximum Gasteiger partial charge on any atom is 0.123 e. The Bertz CT molecular complexity index is 561. The Hall–Kier alpha value is -1.68. The third-order valence-corrected chi connectivity index (χ3v) is 3.17. The summed E-state index contributed by atoms with van der Waals surface area (Å²) in [6.07, 6.45) is 4.83. The molecule has 0 saturated carbocycles. The number of rotatable bonds is 6. The number of nitrogens with zero attached hydrogens (tertiary/aromatic N) is 2. The summed E-state index contributed by atoms with van der Waals surface area (Å²) < 4.78 is 15.4. The van der Waals surface area contributed by atoms with Crippen molar-refractivity contribution in [2.75, 3.05) is 0 Å². The van der Waals surface area contributed by atoms with Crippen LogP contribution in [0.25, 0.3) is 11.1 Å². The van der Waals surface area contributed by atoms with Gasteiger partial charge in [0.2, 0.25) is 0 Å². The molecule has 0 atom stereocenters. The van der Waals surface area contributed by atoms with Gasteiger partial charge in [-0.05, 0) is 29.7 Å². The minimum Gasteiger partial charge on any atom is -0.310 e. The molecule has 0 amide bonds. The number of hydrogen-bond donors (Lipinski definition) is 1. The van der Waals surface area contributed by atoms with Crippen molar-refractivity contribution >= 4 is 0 Å². The number of hydrogen-bond acceptors (Lipinski definition) is 2. The lowest BCUT2D eigenvalue weighted by Crippen LogP contribution is -2.22. The van der Waals surface area contributed by atoms with Crippen LogP contribution in [0.3, 0.4) is 0 Å². The van der Waals surface area contributed by atoms with Gasteiger partial charge in [0.1, 0.15) is 5.82 Å². The average molecular weight is 275 g/mol. The van der Waals surface area contributed by atoms with Gasteiger partial charge in [-0.2, -0.15) is 5.10 Å². The van der Waals surface area contributed by atoms with E-state index in [1.807, 2.05) is 23.1 Å². The summed E-state index contributed by atoms with van der Waals surface area (Å²) in [4.78, 5) is 0. The third kappa shape index (κ3) is 3.67. The average Bonchev–Trinajstić information content (AvgIpc) is 2.86. The van der Waals surface area contributed by atoms with Crippen LogP contribution in [0.15, 0.2) is 30.6 Å². The van der Waals surface area contributed by atoms with Crippen molar-refractivity contribution in [2.24, 2.45) is 0 Å². The SMILES string of the molecule is CCCn1cc(-c2cc(F)ccc2CNC(C)C)cn1. The maximum absolute atomic E-state index is 13.5. The van der Waals surface area contributed by atoms with Crippen LogP contribution >= 0.6 is 0 Å². The lowest BCUT2D eigenvalue weighted by molar-refractivity contribution is 0.587. The van der Waals surface area contributed by atoms with Crippen LogP contribution in [0.1, 0.15) is 32.8 Å². The van der Waals surface area contributed by atoms with E-state index in [1.54, 1.807) is 6.07 Å². The lowest BCUT2D eigenvalue weighted by atomic mass is 10.0. The van der Waals surface area contributed by atoms with Gasteiger partial charge in [-0.1, -0.05) is 26.8 Å². The monoisotopic (exact) mass is 275 g/mol. The maximum atomic E-state index is 13.5. The topological polar surface area (TPSA) is 29.9 Å². The standard InChI is InChI=1S/C16H22FN3/c1-4-7-20-11-14(10-19-20)16-8-15(17)6-5-13(16)9-18-12(2)3/h5-6,8,10-12,18H,4,7,9H2,1-3H3. The Morgan fingerprint density at radius 2 is 2.15 bits per heavy atom. The Labute approximate surface area is 119 Å². The molecule has 3 nitrogen and oxygen atoms in total. The summed E-state index contributed by atoms with van der Waals surface area (Å²) in [7, 11) is 0. The normalized spacial score (nSPS) is 11.2. The predicted molar refractivity (Wildman–Crippen MR) is 79.9 cm³/mol. The van der Waals surface area contributed by atoms with Crippen LogP contribution < -0.4 is 5.32 Å². The van der Waals surface area contributed by atoms with Crippen LogP contribution in [0.4, 0.5) is 4.39 Å². The number of aryl methyl sites for hydroxylation is 1. The number of aromatic nitrogens is 2. The molecule has 108 valence electrons. The molecule has 0 spiro atoms. The first-order valence-electron chi connectivity index (χ1n) is 7.14. The fourth-order valence-electron chi connectivity index (χ4n) is 2.14. The summed E-state index contributed by atoms with van der Waals surface area (Å²) >= 11 is 0. The summed E-state index contributed by atoms with van der Waals surface area (Å²) in [5, 5.41) is 7.70. The van der Waals surface area contributed by atoms with Crippen molar-refractivity contribution in [3.05, 3.63) is 42.0 Å². The number of halogens is 1. The zero-order chi connectivity index (χ0) is 14.5. The zero-order valence-electron chi connectivity index (χ0n) is 12.4. The van der Waals surface area contributed by atoms with Gasteiger partial charge in [-0.3, -0.25) is 4.68 Å². The van der Waals surface area contributed by atoms with Crippen molar-refractivity contribution in [3.63, 3.8) is 0 Å². The molecule has 1 N–H and O–H groups in total. The first-order chi connectivity index (χ1) is 9.60. The van der Waals surface area contributed by atoms with Crippen LogP contribution in [0, 0.1) is 5.82 Å². The van der Waals surface area contributed by atoms with Gasteiger partial charge in [0.15, 0.2) is 0 Å². The molecule has 0 aliphatic rings.